The Morgan fingerprint density at radius 3 is 2.22 bits per heavy atom. The summed E-state index contributed by atoms with van der Waals surface area (Å²) in [6, 6.07) is 10.1. The summed E-state index contributed by atoms with van der Waals surface area (Å²) in [6.07, 6.45) is 10.9. The van der Waals surface area contributed by atoms with Gasteiger partial charge in [0.15, 0.2) is 0 Å². The molecule has 1 amide bonds. The number of hydrazone groups is 1. The first-order valence-corrected chi connectivity index (χ1v) is 9.18. The fourth-order valence-electron chi connectivity index (χ4n) is 2.49. The fraction of sp³-hybridized carbons (Fsp3) is 0.600. The van der Waals surface area contributed by atoms with Gasteiger partial charge in [-0.05, 0) is 24.8 Å². The molecule has 1 rings (SSSR count). The van der Waals surface area contributed by atoms with Crippen LogP contribution in [0.1, 0.15) is 83.6 Å². The molecule has 23 heavy (non-hydrogen) atoms. The van der Waals surface area contributed by atoms with E-state index in [0.29, 0.717) is 6.42 Å². The van der Waals surface area contributed by atoms with E-state index in [2.05, 4.69) is 24.4 Å². The highest BCUT2D eigenvalue weighted by molar-refractivity contribution is 6.01. The number of carbonyl (C=O) groups excluding carboxylic acids is 1. The minimum atomic E-state index is 0.0328. The molecule has 0 aliphatic rings. The Labute approximate surface area is 141 Å². The molecule has 1 N–H and O–H groups in total. The van der Waals surface area contributed by atoms with Crippen molar-refractivity contribution >= 4 is 11.6 Å². The molecule has 0 unspecified atom stereocenters. The Kier molecular flexibility index (Phi) is 10.9. The summed E-state index contributed by atoms with van der Waals surface area (Å²) in [7, 11) is 0. The highest BCUT2D eigenvalue weighted by Gasteiger charge is 2.05. The molecule has 0 radical (unpaired) electrons. The van der Waals surface area contributed by atoms with Crippen molar-refractivity contribution in [2.24, 2.45) is 5.10 Å². The number of hydrogen-bond donors (Lipinski definition) is 1. The van der Waals surface area contributed by atoms with E-state index in [1.807, 2.05) is 30.3 Å². The van der Waals surface area contributed by atoms with Gasteiger partial charge in [-0.3, -0.25) is 4.79 Å². The normalized spacial score (nSPS) is 11.5. The Balaban J connectivity index is 2.39. The molecule has 0 aliphatic carbocycles. The van der Waals surface area contributed by atoms with Crippen LogP contribution in [0.25, 0.3) is 0 Å². The second-order valence-electron chi connectivity index (χ2n) is 6.08. The first-order chi connectivity index (χ1) is 11.3. The molecule has 0 aromatic heterocycles. The van der Waals surface area contributed by atoms with Gasteiger partial charge in [-0.25, -0.2) is 5.43 Å². The zero-order valence-electron chi connectivity index (χ0n) is 14.8. The summed E-state index contributed by atoms with van der Waals surface area (Å²) < 4.78 is 0. The van der Waals surface area contributed by atoms with E-state index in [9.17, 15) is 4.79 Å². The van der Waals surface area contributed by atoms with E-state index in [0.717, 1.165) is 43.4 Å². The predicted octanol–water partition coefficient (Wildman–Crippen LogP) is 5.45. The van der Waals surface area contributed by atoms with Crippen molar-refractivity contribution in [3.05, 3.63) is 35.9 Å². The van der Waals surface area contributed by atoms with E-state index < -0.39 is 0 Å². The van der Waals surface area contributed by atoms with E-state index in [1.54, 1.807) is 0 Å². The monoisotopic (exact) mass is 316 g/mol. The largest absolute Gasteiger partial charge is 0.273 e. The molecule has 0 spiro atoms. The van der Waals surface area contributed by atoms with Crippen LogP contribution in [0.2, 0.25) is 0 Å². The Morgan fingerprint density at radius 1 is 0.870 bits per heavy atom. The SMILES string of the molecule is CCCCCCCCC(=O)N/N=C(\CCCC)c1ccccc1. The van der Waals surface area contributed by atoms with Crippen LogP contribution in [0.4, 0.5) is 0 Å². The van der Waals surface area contributed by atoms with Gasteiger partial charge < -0.3 is 0 Å². The number of unbranched alkanes of at least 4 members (excludes halogenated alkanes) is 6. The number of benzene rings is 1. The Hall–Kier alpha value is -1.64. The van der Waals surface area contributed by atoms with Crippen molar-refractivity contribution in [2.75, 3.05) is 0 Å². The summed E-state index contributed by atoms with van der Waals surface area (Å²) >= 11 is 0. The second-order valence-corrected chi connectivity index (χ2v) is 6.08. The lowest BCUT2D eigenvalue weighted by atomic mass is 10.1. The molecule has 3 nitrogen and oxygen atoms in total. The van der Waals surface area contributed by atoms with Crippen molar-refractivity contribution in [1.82, 2.24) is 5.43 Å². The van der Waals surface area contributed by atoms with Crippen LogP contribution in [0.5, 0.6) is 0 Å². The maximum absolute atomic E-state index is 11.9. The minimum Gasteiger partial charge on any atom is -0.273 e. The van der Waals surface area contributed by atoms with Gasteiger partial charge in [0.1, 0.15) is 0 Å². The van der Waals surface area contributed by atoms with Gasteiger partial charge in [-0.2, -0.15) is 5.10 Å². The van der Waals surface area contributed by atoms with Crippen LogP contribution in [0.15, 0.2) is 35.4 Å². The van der Waals surface area contributed by atoms with Crippen LogP contribution in [0.3, 0.4) is 0 Å². The van der Waals surface area contributed by atoms with Crippen molar-refractivity contribution in [3.63, 3.8) is 0 Å². The van der Waals surface area contributed by atoms with Crippen LogP contribution in [0, 0.1) is 0 Å². The lowest BCUT2D eigenvalue weighted by Gasteiger charge is -2.07. The maximum Gasteiger partial charge on any atom is 0.240 e. The van der Waals surface area contributed by atoms with E-state index >= 15 is 0 Å². The van der Waals surface area contributed by atoms with E-state index in [1.165, 1.54) is 25.7 Å². The Bertz CT molecular complexity index is 454. The fourth-order valence-corrected chi connectivity index (χ4v) is 2.49. The Morgan fingerprint density at radius 2 is 1.52 bits per heavy atom. The molecule has 3 heteroatoms. The number of amides is 1. The third kappa shape index (κ3) is 9.17. The molecule has 0 saturated heterocycles. The first-order valence-electron chi connectivity index (χ1n) is 9.18. The van der Waals surface area contributed by atoms with Crippen molar-refractivity contribution in [2.45, 2.75) is 78.1 Å². The summed E-state index contributed by atoms with van der Waals surface area (Å²) in [6.45, 7) is 4.38. The van der Waals surface area contributed by atoms with Crippen molar-refractivity contribution in [1.29, 1.82) is 0 Å². The summed E-state index contributed by atoms with van der Waals surface area (Å²) in [5.74, 6) is 0.0328. The first kappa shape index (κ1) is 19.4. The smallest absolute Gasteiger partial charge is 0.240 e. The topological polar surface area (TPSA) is 41.5 Å². The summed E-state index contributed by atoms with van der Waals surface area (Å²) in [5.41, 5.74) is 4.81. The number of hydrogen-bond acceptors (Lipinski definition) is 2. The summed E-state index contributed by atoms with van der Waals surface area (Å²) in [5, 5.41) is 4.38. The second kappa shape index (κ2) is 12.9. The standard InChI is InChI=1S/C20H32N2O/c1-3-5-7-8-9-13-17-20(23)22-21-19(16-6-4-2)18-14-11-10-12-15-18/h10-12,14-15H,3-9,13,16-17H2,1-2H3,(H,22,23)/b21-19+. The maximum atomic E-state index is 11.9. The van der Waals surface area contributed by atoms with Gasteiger partial charge in [-0.15, -0.1) is 0 Å². The zero-order chi connectivity index (χ0) is 16.8. The van der Waals surface area contributed by atoms with Crippen LogP contribution < -0.4 is 5.43 Å². The number of carbonyl (C=O) groups is 1. The average Bonchev–Trinajstić information content (AvgIpc) is 2.59. The molecule has 0 atom stereocenters. The number of rotatable bonds is 12. The van der Waals surface area contributed by atoms with Gasteiger partial charge in [0.2, 0.25) is 5.91 Å². The molecule has 0 heterocycles. The van der Waals surface area contributed by atoms with Gasteiger partial charge >= 0.3 is 0 Å². The molecular weight excluding hydrogens is 284 g/mol. The molecule has 0 fully saturated rings. The predicted molar refractivity (Wildman–Crippen MR) is 98.6 cm³/mol. The molecule has 1 aromatic carbocycles. The molecular formula is C20H32N2O. The zero-order valence-corrected chi connectivity index (χ0v) is 14.8. The van der Waals surface area contributed by atoms with Crippen molar-refractivity contribution in [3.8, 4) is 0 Å². The lowest BCUT2D eigenvalue weighted by Crippen LogP contribution is -2.19. The minimum absolute atomic E-state index is 0.0328. The van der Waals surface area contributed by atoms with Gasteiger partial charge in [0, 0.05) is 6.42 Å². The lowest BCUT2D eigenvalue weighted by molar-refractivity contribution is -0.121. The molecule has 0 aliphatic heterocycles. The molecule has 0 saturated carbocycles. The number of nitrogens with one attached hydrogen (secondary N) is 1. The molecule has 0 bridgehead atoms. The van der Waals surface area contributed by atoms with Gasteiger partial charge in [0.25, 0.3) is 0 Å². The van der Waals surface area contributed by atoms with Crippen molar-refractivity contribution < 1.29 is 4.79 Å². The van der Waals surface area contributed by atoms with Crippen LogP contribution in [-0.2, 0) is 4.79 Å². The quantitative estimate of drug-likeness (QED) is 0.311. The van der Waals surface area contributed by atoms with Gasteiger partial charge in [0.05, 0.1) is 5.71 Å². The highest BCUT2D eigenvalue weighted by atomic mass is 16.2. The average molecular weight is 316 g/mol. The van der Waals surface area contributed by atoms with Gasteiger partial charge in [-0.1, -0.05) is 82.7 Å². The number of nitrogens with zero attached hydrogens (tertiary/aromatic N) is 1. The van der Waals surface area contributed by atoms with E-state index in [4.69, 9.17) is 0 Å². The third-order valence-electron chi connectivity index (χ3n) is 3.95. The van der Waals surface area contributed by atoms with Crippen LogP contribution in [-0.4, -0.2) is 11.6 Å². The molecule has 128 valence electrons. The highest BCUT2D eigenvalue weighted by Crippen LogP contribution is 2.09. The summed E-state index contributed by atoms with van der Waals surface area (Å²) in [4.78, 5) is 11.9. The third-order valence-corrected chi connectivity index (χ3v) is 3.95. The van der Waals surface area contributed by atoms with Crippen LogP contribution >= 0.6 is 0 Å². The van der Waals surface area contributed by atoms with E-state index in [-0.39, 0.29) is 5.91 Å². The molecule has 1 aromatic rings.